The van der Waals surface area contributed by atoms with E-state index < -0.39 is 34.0 Å². The Balaban J connectivity index is 2.42. The van der Waals surface area contributed by atoms with Crippen molar-refractivity contribution in [3.63, 3.8) is 0 Å². The molecule has 1 aromatic carbocycles. The number of halogens is 4. The lowest BCUT2D eigenvalue weighted by Crippen LogP contribution is -2.14. The van der Waals surface area contributed by atoms with E-state index in [1.807, 2.05) is 4.72 Å². The average molecular weight is 447 g/mol. The van der Waals surface area contributed by atoms with E-state index in [0.29, 0.717) is 6.07 Å². The van der Waals surface area contributed by atoms with Crippen LogP contribution >= 0.6 is 31.9 Å². The van der Waals surface area contributed by atoms with Gasteiger partial charge in [-0.25, -0.2) is 17.2 Å². The minimum atomic E-state index is -4.17. The summed E-state index contributed by atoms with van der Waals surface area (Å²) in [7, 11) is -4.17. The molecule has 0 saturated heterocycles. The maximum absolute atomic E-state index is 13.6. The maximum atomic E-state index is 13.6. The smallest absolute Gasteiger partial charge is 0.266 e. The lowest BCUT2D eigenvalue weighted by molar-refractivity contribution is 0.245. The van der Waals surface area contributed by atoms with E-state index in [2.05, 4.69) is 31.9 Å². The van der Waals surface area contributed by atoms with Crippen LogP contribution in [0.15, 0.2) is 36.7 Å². The quantitative estimate of drug-likeness (QED) is 0.705. The van der Waals surface area contributed by atoms with Gasteiger partial charge < -0.3 is 9.52 Å². The fraction of sp³-hybridized carbons (Fsp3) is 0.0909. The highest BCUT2D eigenvalue weighted by molar-refractivity contribution is 9.10. The van der Waals surface area contributed by atoms with Crippen LogP contribution in [-0.2, 0) is 16.6 Å². The Morgan fingerprint density at radius 3 is 2.43 bits per heavy atom. The molecule has 0 aliphatic heterocycles. The molecular formula is C11H7Br2F2NO4S. The molecule has 5 nitrogen and oxygen atoms in total. The number of nitrogens with one attached hydrogen (secondary N) is 1. The minimum absolute atomic E-state index is 0.0167. The van der Waals surface area contributed by atoms with Gasteiger partial charge in [-0.1, -0.05) is 0 Å². The van der Waals surface area contributed by atoms with E-state index >= 15 is 0 Å². The molecule has 1 heterocycles. The summed E-state index contributed by atoms with van der Waals surface area (Å²) >= 11 is 5.73. The Morgan fingerprint density at radius 1 is 1.19 bits per heavy atom. The molecule has 2 aromatic rings. The van der Waals surface area contributed by atoms with E-state index in [1.54, 1.807) is 0 Å². The molecule has 21 heavy (non-hydrogen) atoms. The molecule has 10 heteroatoms. The van der Waals surface area contributed by atoms with Gasteiger partial charge in [0.1, 0.15) is 28.9 Å². The van der Waals surface area contributed by atoms with Crippen molar-refractivity contribution in [1.29, 1.82) is 0 Å². The molecule has 0 saturated carbocycles. The van der Waals surface area contributed by atoms with E-state index in [0.717, 1.165) is 12.1 Å². The van der Waals surface area contributed by atoms with Crippen LogP contribution in [0.25, 0.3) is 0 Å². The number of benzene rings is 1. The molecule has 0 unspecified atom stereocenters. The summed E-state index contributed by atoms with van der Waals surface area (Å²) in [6.45, 7) is -0.495. The Bertz CT molecular complexity index is 792. The molecule has 0 aliphatic rings. The van der Waals surface area contributed by atoms with Gasteiger partial charge in [0.2, 0.25) is 0 Å². The summed E-state index contributed by atoms with van der Waals surface area (Å²) in [5.74, 6) is -1.91. The first-order valence-corrected chi connectivity index (χ1v) is 8.38. The van der Waals surface area contributed by atoms with Crippen LogP contribution in [0.3, 0.4) is 0 Å². The number of aliphatic hydroxyl groups is 1. The van der Waals surface area contributed by atoms with Crippen LogP contribution in [-0.4, -0.2) is 13.5 Å². The Kier molecular flexibility index (Phi) is 4.71. The molecule has 0 bridgehead atoms. The number of anilines is 1. The van der Waals surface area contributed by atoms with E-state index in [9.17, 15) is 17.2 Å². The minimum Gasteiger partial charge on any atom is -0.450 e. The Labute approximate surface area is 135 Å². The largest absolute Gasteiger partial charge is 0.450 e. The van der Waals surface area contributed by atoms with Gasteiger partial charge in [-0.3, -0.25) is 4.72 Å². The highest BCUT2D eigenvalue weighted by Crippen LogP contribution is 2.30. The maximum Gasteiger partial charge on any atom is 0.266 e. The number of hydrogen-bond donors (Lipinski definition) is 2. The Morgan fingerprint density at radius 2 is 1.86 bits per heavy atom. The van der Waals surface area contributed by atoms with Crippen molar-refractivity contribution in [3.05, 3.63) is 44.7 Å². The molecule has 0 spiro atoms. The summed E-state index contributed by atoms with van der Waals surface area (Å²) in [6, 6.07) is 2.59. The molecule has 0 radical (unpaired) electrons. The molecule has 0 atom stereocenters. The zero-order valence-corrected chi connectivity index (χ0v) is 14.0. The predicted molar refractivity (Wildman–Crippen MR) is 77.2 cm³/mol. The normalized spacial score (nSPS) is 11.7. The van der Waals surface area contributed by atoms with Gasteiger partial charge in [-0.05, 0) is 37.9 Å². The van der Waals surface area contributed by atoms with Gasteiger partial charge in [-0.2, -0.15) is 0 Å². The van der Waals surface area contributed by atoms with Crippen LogP contribution < -0.4 is 4.72 Å². The van der Waals surface area contributed by atoms with Crippen LogP contribution in [0.5, 0.6) is 0 Å². The first-order chi connectivity index (χ1) is 9.74. The third-order valence-corrected chi connectivity index (χ3v) is 5.24. The van der Waals surface area contributed by atoms with Gasteiger partial charge in [0.25, 0.3) is 10.0 Å². The standard InChI is InChI=1S/C11H7Br2F2NO4S/c12-6-2-9(8(15)3-7(6)14)16-21(18,19)10-1-5(4-17)20-11(10)13/h1-3,16-17H,4H2. The molecule has 0 fully saturated rings. The number of rotatable bonds is 4. The molecule has 114 valence electrons. The lowest BCUT2D eigenvalue weighted by Gasteiger charge is -2.08. The van der Waals surface area contributed by atoms with Gasteiger partial charge >= 0.3 is 0 Å². The monoisotopic (exact) mass is 445 g/mol. The van der Waals surface area contributed by atoms with Crippen molar-refractivity contribution in [1.82, 2.24) is 0 Å². The van der Waals surface area contributed by atoms with E-state index in [-0.39, 0.29) is 19.8 Å². The fourth-order valence-corrected chi connectivity index (χ4v) is 3.86. The van der Waals surface area contributed by atoms with Crippen LogP contribution in [0.4, 0.5) is 14.5 Å². The van der Waals surface area contributed by atoms with Crippen molar-refractivity contribution in [2.75, 3.05) is 4.72 Å². The first kappa shape index (κ1) is 16.4. The van der Waals surface area contributed by atoms with Crippen LogP contribution in [0.2, 0.25) is 0 Å². The lowest BCUT2D eigenvalue weighted by atomic mass is 10.3. The zero-order valence-electron chi connectivity index (χ0n) is 10.0. The second-order valence-electron chi connectivity index (χ2n) is 3.86. The van der Waals surface area contributed by atoms with Gasteiger partial charge in [-0.15, -0.1) is 0 Å². The van der Waals surface area contributed by atoms with Gasteiger partial charge in [0.15, 0.2) is 4.67 Å². The Hall–Kier alpha value is -0.970. The first-order valence-electron chi connectivity index (χ1n) is 5.31. The van der Waals surface area contributed by atoms with Crippen molar-refractivity contribution in [2.45, 2.75) is 11.5 Å². The fourth-order valence-electron chi connectivity index (χ4n) is 1.46. The third-order valence-electron chi connectivity index (χ3n) is 2.41. The molecule has 0 amide bonds. The molecule has 0 aliphatic carbocycles. The van der Waals surface area contributed by atoms with Crippen molar-refractivity contribution in [2.24, 2.45) is 0 Å². The SMILES string of the molecule is O=S(=O)(Nc1cc(Br)c(F)cc1F)c1cc(CO)oc1Br. The summed E-state index contributed by atoms with van der Waals surface area (Å²) in [5, 5.41) is 8.90. The molecule has 2 N–H and O–H groups in total. The van der Waals surface area contributed by atoms with Crippen LogP contribution in [0, 0.1) is 11.6 Å². The highest BCUT2D eigenvalue weighted by Gasteiger charge is 2.24. The second-order valence-corrected chi connectivity index (χ2v) is 7.09. The average Bonchev–Trinajstić information content (AvgIpc) is 2.78. The van der Waals surface area contributed by atoms with E-state index in [4.69, 9.17) is 9.52 Å². The topological polar surface area (TPSA) is 79.5 Å². The van der Waals surface area contributed by atoms with Crippen molar-refractivity contribution in [3.8, 4) is 0 Å². The summed E-state index contributed by atoms with van der Waals surface area (Å²) in [6.07, 6.45) is 0. The second kappa shape index (κ2) is 6.03. The van der Waals surface area contributed by atoms with Crippen molar-refractivity contribution < 1.29 is 26.7 Å². The number of hydrogen-bond acceptors (Lipinski definition) is 4. The summed E-state index contributed by atoms with van der Waals surface area (Å²) in [5.41, 5.74) is -0.429. The van der Waals surface area contributed by atoms with Crippen molar-refractivity contribution >= 4 is 47.6 Å². The molecular weight excluding hydrogens is 440 g/mol. The third kappa shape index (κ3) is 3.44. The summed E-state index contributed by atoms with van der Waals surface area (Å²) in [4.78, 5) is -0.314. The predicted octanol–water partition coefficient (Wildman–Crippen LogP) is 3.38. The number of aliphatic hydroxyl groups excluding tert-OH is 1. The highest BCUT2D eigenvalue weighted by atomic mass is 79.9. The van der Waals surface area contributed by atoms with Crippen LogP contribution in [0.1, 0.15) is 5.76 Å². The van der Waals surface area contributed by atoms with Gasteiger partial charge in [0, 0.05) is 12.1 Å². The summed E-state index contributed by atoms with van der Waals surface area (Å²) < 4.78 is 57.7. The molecule has 2 rings (SSSR count). The van der Waals surface area contributed by atoms with Gasteiger partial charge in [0.05, 0.1) is 10.2 Å². The van der Waals surface area contributed by atoms with E-state index in [1.165, 1.54) is 0 Å². The zero-order chi connectivity index (χ0) is 15.8. The molecule has 1 aromatic heterocycles. The number of sulfonamides is 1. The number of furan rings is 1.